The Labute approximate surface area is 79.5 Å². The fraction of sp³-hybridized carbons (Fsp3) is 1.00. The van der Waals surface area contributed by atoms with Crippen LogP contribution in [0.3, 0.4) is 0 Å². The SMILES string of the molecule is [B]C(CCCC)C(CC)C(C)C. The minimum absolute atomic E-state index is 0.426. The molecule has 12 heavy (non-hydrogen) atoms. The van der Waals surface area contributed by atoms with E-state index in [9.17, 15) is 0 Å². The average Bonchev–Trinajstić information content (AvgIpc) is 2.01. The van der Waals surface area contributed by atoms with Gasteiger partial charge in [0.2, 0.25) is 0 Å². The van der Waals surface area contributed by atoms with Crippen molar-refractivity contribution in [2.75, 3.05) is 0 Å². The molecule has 0 nitrogen and oxygen atoms in total. The highest BCUT2D eigenvalue weighted by molar-refractivity contribution is 6.11. The molecule has 0 heterocycles. The van der Waals surface area contributed by atoms with Crippen molar-refractivity contribution in [3.63, 3.8) is 0 Å². The van der Waals surface area contributed by atoms with Gasteiger partial charge in [0.05, 0.1) is 7.85 Å². The predicted octanol–water partition coefficient (Wildman–Crippen LogP) is 3.82. The molecule has 0 amide bonds. The molecule has 0 aromatic heterocycles. The van der Waals surface area contributed by atoms with Crippen LogP contribution in [0.25, 0.3) is 0 Å². The van der Waals surface area contributed by atoms with Crippen LogP contribution in [0.1, 0.15) is 53.4 Å². The maximum absolute atomic E-state index is 6.12. The van der Waals surface area contributed by atoms with Crippen LogP contribution in [-0.2, 0) is 0 Å². The fourth-order valence-electron chi connectivity index (χ4n) is 1.92. The van der Waals surface area contributed by atoms with Crippen molar-refractivity contribution < 1.29 is 0 Å². The van der Waals surface area contributed by atoms with Crippen LogP contribution >= 0.6 is 0 Å². The molecule has 1 heteroatoms. The van der Waals surface area contributed by atoms with Crippen LogP contribution in [0.4, 0.5) is 0 Å². The van der Waals surface area contributed by atoms with Crippen molar-refractivity contribution >= 4 is 7.85 Å². The summed E-state index contributed by atoms with van der Waals surface area (Å²) >= 11 is 0. The van der Waals surface area contributed by atoms with Crippen LogP contribution < -0.4 is 0 Å². The maximum Gasteiger partial charge on any atom is 0.0703 e. The third-order valence-electron chi connectivity index (χ3n) is 2.77. The molecule has 0 aliphatic carbocycles. The lowest BCUT2D eigenvalue weighted by Gasteiger charge is -2.26. The van der Waals surface area contributed by atoms with Crippen molar-refractivity contribution in [3.05, 3.63) is 0 Å². The number of hydrogen-bond donors (Lipinski definition) is 0. The zero-order chi connectivity index (χ0) is 9.56. The molecule has 2 atom stereocenters. The second kappa shape index (κ2) is 6.57. The lowest BCUT2D eigenvalue weighted by molar-refractivity contribution is 0.338. The number of rotatable bonds is 6. The lowest BCUT2D eigenvalue weighted by Crippen LogP contribution is -2.15. The summed E-state index contributed by atoms with van der Waals surface area (Å²) in [7, 11) is 6.12. The summed E-state index contributed by atoms with van der Waals surface area (Å²) in [6.45, 7) is 9.03. The zero-order valence-corrected chi connectivity index (χ0v) is 9.14. The van der Waals surface area contributed by atoms with Crippen LogP contribution in [0, 0.1) is 11.8 Å². The molecule has 0 aromatic rings. The van der Waals surface area contributed by atoms with E-state index in [1.807, 2.05) is 0 Å². The third-order valence-corrected chi connectivity index (χ3v) is 2.77. The summed E-state index contributed by atoms with van der Waals surface area (Å²) in [6, 6.07) is 0. The molecule has 2 radical (unpaired) electrons. The van der Waals surface area contributed by atoms with Gasteiger partial charge in [-0.15, -0.1) is 0 Å². The van der Waals surface area contributed by atoms with Gasteiger partial charge in [0.15, 0.2) is 0 Å². The Balaban J connectivity index is 3.77. The Hall–Kier alpha value is 0.0649. The van der Waals surface area contributed by atoms with Crippen molar-refractivity contribution in [2.45, 2.75) is 59.2 Å². The first-order valence-electron chi connectivity index (χ1n) is 5.39. The lowest BCUT2D eigenvalue weighted by atomic mass is 9.68. The van der Waals surface area contributed by atoms with E-state index in [0.717, 1.165) is 11.8 Å². The highest BCUT2D eigenvalue weighted by Crippen LogP contribution is 2.30. The highest BCUT2D eigenvalue weighted by atomic mass is 14.2. The van der Waals surface area contributed by atoms with Gasteiger partial charge < -0.3 is 0 Å². The third kappa shape index (κ3) is 4.18. The Kier molecular flexibility index (Phi) is 6.60. The van der Waals surface area contributed by atoms with E-state index in [4.69, 9.17) is 7.85 Å². The van der Waals surface area contributed by atoms with E-state index >= 15 is 0 Å². The molecule has 0 aliphatic rings. The van der Waals surface area contributed by atoms with Crippen LogP contribution in [-0.4, -0.2) is 7.85 Å². The first-order chi connectivity index (χ1) is 5.63. The van der Waals surface area contributed by atoms with E-state index in [1.165, 1.54) is 25.7 Å². The number of hydrogen-bond acceptors (Lipinski definition) is 0. The Morgan fingerprint density at radius 2 is 1.75 bits per heavy atom. The van der Waals surface area contributed by atoms with Crippen molar-refractivity contribution in [1.29, 1.82) is 0 Å². The normalized spacial score (nSPS) is 16.4. The summed E-state index contributed by atoms with van der Waals surface area (Å²) in [5.41, 5.74) is 0. The van der Waals surface area contributed by atoms with Gasteiger partial charge in [-0.25, -0.2) is 0 Å². The largest absolute Gasteiger partial charge is 0.0744 e. The van der Waals surface area contributed by atoms with E-state index in [1.54, 1.807) is 0 Å². The summed E-state index contributed by atoms with van der Waals surface area (Å²) in [6.07, 6.45) is 4.97. The van der Waals surface area contributed by atoms with Gasteiger partial charge in [-0.05, 0) is 11.8 Å². The molecule has 0 N–H and O–H groups in total. The Morgan fingerprint density at radius 3 is 2.08 bits per heavy atom. The molecule has 0 fully saturated rings. The fourth-order valence-corrected chi connectivity index (χ4v) is 1.92. The van der Waals surface area contributed by atoms with Gasteiger partial charge in [-0.1, -0.05) is 59.2 Å². The van der Waals surface area contributed by atoms with Crippen LogP contribution in [0.5, 0.6) is 0 Å². The molecule has 0 aliphatic heterocycles. The van der Waals surface area contributed by atoms with E-state index in [-0.39, 0.29) is 0 Å². The second-order valence-corrected chi connectivity index (χ2v) is 4.12. The number of unbranched alkanes of at least 4 members (excludes halogenated alkanes) is 1. The van der Waals surface area contributed by atoms with E-state index in [0.29, 0.717) is 5.82 Å². The monoisotopic (exact) mass is 166 g/mol. The molecule has 0 bridgehead atoms. The first kappa shape index (κ1) is 12.1. The molecular formula is C11H23B. The smallest absolute Gasteiger partial charge is 0.0703 e. The minimum Gasteiger partial charge on any atom is -0.0744 e. The van der Waals surface area contributed by atoms with Crippen molar-refractivity contribution in [2.24, 2.45) is 11.8 Å². The van der Waals surface area contributed by atoms with Gasteiger partial charge in [-0.2, -0.15) is 0 Å². The Bertz CT molecular complexity index is 99.2. The van der Waals surface area contributed by atoms with Gasteiger partial charge in [-0.3, -0.25) is 0 Å². The predicted molar refractivity (Wildman–Crippen MR) is 57.6 cm³/mol. The maximum atomic E-state index is 6.12. The van der Waals surface area contributed by atoms with Gasteiger partial charge in [0.25, 0.3) is 0 Å². The summed E-state index contributed by atoms with van der Waals surface area (Å²) in [5, 5.41) is 0. The molecule has 70 valence electrons. The topological polar surface area (TPSA) is 0 Å². The van der Waals surface area contributed by atoms with Gasteiger partial charge in [0.1, 0.15) is 0 Å². The van der Waals surface area contributed by atoms with Crippen LogP contribution in [0.15, 0.2) is 0 Å². The quantitative estimate of drug-likeness (QED) is 0.526. The minimum atomic E-state index is 0.426. The molecule has 0 spiro atoms. The zero-order valence-electron chi connectivity index (χ0n) is 9.14. The first-order valence-corrected chi connectivity index (χ1v) is 5.39. The standard InChI is InChI=1S/C11H23B/c1-5-7-8-11(12)10(6-2)9(3)4/h9-11H,5-8H2,1-4H3. The molecule has 0 saturated heterocycles. The summed E-state index contributed by atoms with van der Waals surface area (Å²) in [5.74, 6) is 1.88. The molecule has 2 unspecified atom stereocenters. The molecule has 0 rings (SSSR count). The molecule has 0 saturated carbocycles. The average molecular weight is 166 g/mol. The van der Waals surface area contributed by atoms with E-state index in [2.05, 4.69) is 27.7 Å². The van der Waals surface area contributed by atoms with Gasteiger partial charge in [0, 0.05) is 0 Å². The van der Waals surface area contributed by atoms with Crippen molar-refractivity contribution in [3.8, 4) is 0 Å². The summed E-state index contributed by atoms with van der Waals surface area (Å²) < 4.78 is 0. The van der Waals surface area contributed by atoms with E-state index < -0.39 is 0 Å². The van der Waals surface area contributed by atoms with Crippen molar-refractivity contribution in [1.82, 2.24) is 0 Å². The summed E-state index contributed by atoms with van der Waals surface area (Å²) in [4.78, 5) is 0. The second-order valence-electron chi connectivity index (χ2n) is 4.12. The molecule has 0 aromatic carbocycles. The Morgan fingerprint density at radius 1 is 1.17 bits per heavy atom. The molecular weight excluding hydrogens is 143 g/mol. The van der Waals surface area contributed by atoms with Gasteiger partial charge >= 0.3 is 0 Å². The van der Waals surface area contributed by atoms with Crippen LogP contribution in [0.2, 0.25) is 5.82 Å². The highest BCUT2D eigenvalue weighted by Gasteiger charge is 2.17.